The van der Waals surface area contributed by atoms with Crippen LogP contribution in [0.4, 0.5) is 5.69 Å². The van der Waals surface area contributed by atoms with Gasteiger partial charge in [0.2, 0.25) is 15.9 Å². The van der Waals surface area contributed by atoms with Crippen LogP contribution in [0.15, 0.2) is 47.4 Å². The second-order valence-electron chi connectivity index (χ2n) is 7.91. The van der Waals surface area contributed by atoms with Crippen molar-refractivity contribution >= 4 is 31.5 Å². The molecular weight excluding hydrogens is 436 g/mol. The monoisotopic (exact) mass is 466 g/mol. The van der Waals surface area contributed by atoms with Crippen molar-refractivity contribution in [3.05, 3.63) is 59.2 Å². The van der Waals surface area contributed by atoms with Gasteiger partial charge in [0.15, 0.2) is 9.84 Å². The molecule has 0 heterocycles. The van der Waals surface area contributed by atoms with E-state index in [0.29, 0.717) is 12.1 Å². The molecule has 0 radical (unpaired) electrons. The maximum atomic E-state index is 12.4. The van der Waals surface area contributed by atoms with Gasteiger partial charge in [-0.2, -0.15) is 0 Å². The molecule has 0 aliphatic heterocycles. The first kappa shape index (κ1) is 24.9. The van der Waals surface area contributed by atoms with Crippen LogP contribution in [-0.4, -0.2) is 41.8 Å². The number of aryl methyl sites for hydroxylation is 2. The molecule has 0 bridgehead atoms. The van der Waals surface area contributed by atoms with Crippen molar-refractivity contribution < 1.29 is 21.6 Å². The summed E-state index contributed by atoms with van der Waals surface area (Å²) < 4.78 is 49.0. The van der Waals surface area contributed by atoms with E-state index in [2.05, 4.69) is 5.32 Å². The number of sulfone groups is 1. The van der Waals surface area contributed by atoms with Gasteiger partial charge in [0.05, 0.1) is 22.9 Å². The SMILES string of the molecule is Cc1cc(C)cc(N(CCCC(=O)NC(C)c2ccc(S(C)(=O)=O)cc2)S(C)(=O)=O)c1. The fourth-order valence-electron chi connectivity index (χ4n) is 3.36. The van der Waals surface area contributed by atoms with Gasteiger partial charge in [0.25, 0.3) is 0 Å². The Hall–Kier alpha value is -2.39. The zero-order chi connectivity index (χ0) is 23.4. The van der Waals surface area contributed by atoms with Crippen molar-refractivity contribution in [2.75, 3.05) is 23.4 Å². The Balaban J connectivity index is 1.97. The minimum absolute atomic E-state index is 0.169. The fourth-order valence-corrected chi connectivity index (χ4v) is 4.94. The quantitative estimate of drug-likeness (QED) is 0.612. The number of amides is 1. The van der Waals surface area contributed by atoms with Crippen LogP contribution in [0.25, 0.3) is 0 Å². The number of nitrogens with one attached hydrogen (secondary N) is 1. The maximum absolute atomic E-state index is 12.4. The highest BCUT2D eigenvalue weighted by Crippen LogP contribution is 2.22. The van der Waals surface area contributed by atoms with Crippen LogP contribution in [0.5, 0.6) is 0 Å². The smallest absolute Gasteiger partial charge is 0.232 e. The van der Waals surface area contributed by atoms with Crippen LogP contribution in [0.1, 0.15) is 42.5 Å². The van der Waals surface area contributed by atoms with Crippen LogP contribution in [0.3, 0.4) is 0 Å². The third kappa shape index (κ3) is 7.36. The average Bonchev–Trinajstić information content (AvgIpc) is 2.62. The molecule has 2 aromatic rings. The molecule has 7 nitrogen and oxygen atoms in total. The van der Waals surface area contributed by atoms with Gasteiger partial charge in [0, 0.05) is 19.2 Å². The lowest BCUT2D eigenvalue weighted by atomic mass is 10.1. The van der Waals surface area contributed by atoms with E-state index >= 15 is 0 Å². The summed E-state index contributed by atoms with van der Waals surface area (Å²) in [7, 11) is -6.75. The molecule has 2 rings (SSSR count). The van der Waals surface area contributed by atoms with Crippen molar-refractivity contribution in [1.82, 2.24) is 5.32 Å². The van der Waals surface area contributed by atoms with Crippen LogP contribution >= 0.6 is 0 Å². The predicted molar refractivity (Wildman–Crippen MR) is 123 cm³/mol. The van der Waals surface area contributed by atoms with Gasteiger partial charge in [-0.3, -0.25) is 9.10 Å². The zero-order valence-electron chi connectivity index (χ0n) is 18.5. The molecule has 170 valence electrons. The number of benzene rings is 2. The minimum atomic E-state index is -3.48. The Kier molecular flexibility index (Phi) is 7.88. The van der Waals surface area contributed by atoms with E-state index in [-0.39, 0.29) is 29.8 Å². The molecule has 9 heteroatoms. The average molecular weight is 467 g/mol. The van der Waals surface area contributed by atoms with E-state index in [9.17, 15) is 21.6 Å². The summed E-state index contributed by atoms with van der Waals surface area (Å²) in [4.78, 5) is 12.6. The molecular formula is C22H30N2O5S2. The third-order valence-corrected chi connectivity index (χ3v) is 7.17. The number of hydrogen-bond donors (Lipinski definition) is 1. The summed E-state index contributed by atoms with van der Waals surface area (Å²) in [6.45, 7) is 5.83. The Bertz CT molecular complexity index is 1120. The molecule has 1 unspecified atom stereocenters. The van der Waals surface area contributed by atoms with E-state index in [4.69, 9.17) is 0 Å². The molecule has 0 aliphatic rings. The number of nitrogens with zero attached hydrogens (tertiary/aromatic N) is 1. The molecule has 0 aromatic heterocycles. The van der Waals surface area contributed by atoms with Crippen molar-refractivity contribution in [1.29, 1.82) is 0 Å². The molecule has 31 heavy (non-hydrogen) atoms. The Morgan fingerprint density at radius 3 is 2.00 bits per heavy atom. The van der Waals surface area contributed by atoms with Crippen LogP contribution in [0, 0.1) is 13.8 Å². The summed E-state index contributed by atoms with van der Waals surface area (Å²) in [5, 5.41) is 2.87. The zero-order valence-corrected chi connectivity index (χ0v) is 20.2. The lowest BCUT2D eigenvalue weighted by molar-refractivity contribution is -0.121. The van der Waals surface area contributed by atoms with E-state index in [0.717, 1.165) is 29.2 Å². The standard InChI is InChI=1S/C22H30N2O5S2/c1-16-13-17(2)15-20(14-16)24(31(5,28)29)12-6-7-22(25)23-18(3)19-8-10-21(11-9-19)30(4,26)27/h8-11,13-15,18H,6-7,12H2,1-5H3,(H,23,25). The second kappa shape index (κ2) is 9.82. The predicted octanol–water partition coefficient (Wildman–Crippen LogP) is 3.13. The molecule has 0 aliphatic carbocycles. The van der Waals surface area contributed by atoms with Crippen molar-refractivity contribution in [3.63, 3.8) is 0 Å². The van der Waals surface area contributed by atoms with Crippen molar-refractivity contribution in [2.45, 2.75) is 44.6 Å². The first-order chi connectivity index (χ1) is 14.3. The molecule has 0 spiro atoms. The van der Waals surface area contributed by atoms with Gasteiger partial charge in [-0.25, -0.2) is 16.8 Å². The van der Waals surface area contributed by atoms with Crippen molar-refractivity contribution in [2.24, 2.45) is 0 Å². The van der Waals surface area contributed by atoms with Gasteiger partial charge in [-0.1, -0.05) is 18.2 Å². The third-order valence-electron chi connectivity index (χ3n) is 4.85. The highest BCUT2D eigenvalue weighted by molar-refractivity contribution is 7.92. The minimum Gasteiger partial charge on any atom is -0.350 e. The summed E-state index contributed by atoms with van der Waals surface area (Å²) in [6.07, 6.45) is 2.84. The topological polar surface area (TPSA) is 101 Å². The van der Waals surface area contributed by atoms with Gasteiger partial charge in [-0.15, -0.1) is 0 Å². The fraction of sp³-hybridized carbons (Fsp3) is 0.409. The van der Waals surface area contributed by atoms with E-state index < -0.39 is 19.9 Å². The van der Waals surface area contributed by atoms with E-state index in [1.54, 1.807) is 12.1 Å². The maximum Gasteiger partial charge on any atom is 0.232 e. The number of anilines is 1. The van der Waals surface area contributed by atoms with Crippen LogP contribution in [-0.2, 0) is 24.7 Å². The summed E-state index contributed by atoms with van der Waals surface area (Å²) in [5.74, 6) is -0.200. The molecule has 1 atom stereocenters. The Morgan fingerprint density at radius 1 is 0.968 bits per heavy atom. The molecule has 0 saturated heterocycles. The van der Waals surface area contributed by atoms with Gasteiger partial charge in [0.1, 0.15) is 0 Å². The Morgan fingerprint density at radius 2 is 1.52 bits per heavy atom. The molecule has 2 aromatic carbocycles. The highest BCUT2D eigenvalue weighted by atomic mass is 32.2. The van der Waals surface area contributed by atoms with Gasteiger partial charge >= 0.3 is 0 Å². The molecule has 0 fully saturated rings. The Labute approximate surface area is 185 Å². The number of carbonyl (C=O) groups is 1. The highest BCUT2D eigenvalue weighted by Gasteiger charge is 2.19. The summed E-state index contributed by atoms with van der Waals surface area (Å²) >= 11 is 0. The summed E-state index contributed by atoms with van der Waals surface area (Å²) in [5.41, 5.74) is 3.32. The summed E-state index contributed by atoms with van der Waals surface area (Å²) in [6, 6.07) is 11.7. The van der Waals surface area contributed by atoms with Gasteiger partial charge in [-0.05, 0) is 68.1 Å². The number of sulfonamides is 1. The van der Waals surface area contributed by atoms with Gasteiger partial charge < -0.3 is 5.32 Å². The molecule has 0 saturated carbocycles. The lowest BCUT2D eigenvalue weighted by Crippen LogP contribution is -2.32. The number of rotatable bonds is 9. The second-order valence-corrected chi connectivity index (χ2v) is 11.8. The first-order valence-corrected chi connectivity index (χ1v) is 13.7. The first-order valence-electron chi connectivity index (χ1n) is 9.93. The molecule has 1 amide bonds. The van der Waals surface area contributed by atoms with Crippen molar-refractivity contribution in [3.8, 4) is 0 Å². The largest absolute Gasteiger partial charge is 0.350 e. The normalized spacial score (nSPS) is 12.9. The lowest BCUT2D eigenvalue weighted by Gasteiger charge is -2.23. The van der Waals surface area contributed by atoms with Crippen LogP contribution in [0.2, 0.25) is 0 Å². The van der Waals surface area contributed by atoms with E-state index in [1.807, 2.05) is 39.0 Å². The van der Waals surface area contributed by atoms with E-state index in [1.165, 1.54) is 16.4 Å². The van der Waals surface area contributed by atoms with Crippen LogP contribution < -0.4 is 9.62 Å². The number of carbonyl (C=O) groups excluding carboxylic acids is 1. The number of hydrogen-bond acceptors (Lipinski definition) is 5. The molecule has 1 N–H and O–H groups in total.